The average Bonchev–Trinajstić information content (AvgIpc) is 2.96. The van der Waals surface area contributed by atoms with Crippen molar-refractivity contribution in [3.63, 3.8) is 0 Å². The molecule has 9 nitrogen and oxygen atoms in total. The molecule has 0 aliphatic rings. The largest absolute Gasteiger partial charge is 0.488 e. The topological polar surface area (TPSA) is 144 Å². The minimum absolute atomic E-state index is 0.0855. The van der Waals surface area contributed by atoms with Gasteiger partial charge in [-0.2, -0.15) is 16.8 Å². The van der Waals surface area contributed by atoms with Crippen molar-refractivity contribution in [3.05, 3.63) is 77.4 Å². The summed E-state index contributed by atoms with van der Waals surface area (Å²) in [4.78, 5) is 12.3. The lowest BCUT2D eigenvalue weighted by atomic mass is 9.77. The van der Waals surface area contributed by atoms with E-state index in [1.54, 1.807) is 24.3 Å². The Morgan fingerprint density at radius 1 is 0.690 bits per heavy atom. The van der Waals surface area contributed by atoms with Crippen molar-refractivity contribution in [2.24, 2.45) is 0 Å². The highest BCUT2D eigenvalue weighted by molar-refractivity contribution is 7.86. The summed E-state index contributed by atoms with van der Waals surface area (Å²) in [6.07, 6.45) is 2.79. The smallest absolute Gasteiger partial charge is 0.298 e. The van der Waals surface area contributed by atoms with E-state index in [9.17, 15) is 30.7 Å². The van der Waals surface area contributed by atoms with Crippen LogP contribution in [0.2, 0.25) is 0 Å². The Kier molecular flexibility index (Phi) is 9.93. The van der Waals surface area contributed by atoms with Crippen molar-refractivity contribution in [2.45, 2.75) is 88.0 Å². The van der Waals surface area contributed by atoms with Crippen LogP contribution in [0.3, 0.4) is 0 Å². The molecule has 228 valence electrons. The minimum Gasteiger partial charge on any atom is -0.488 e. The Morgan fingerprint density at radius 3 is 1.64 bits per heavy atom. The van der Waals surface area contributed by atoms with E-state index in [1.807, 2.05) is 41.5 Å². The highest BCUT2D eigenvalue weighted by Crippen LogP contribution is 2.37. The Labute approximate surface area is 248 Å². The molecule has 0 amide bonds. The summed E-state index contributed by atoms with van der Waals surface area (Å²) in [6, 6.07) is 14.0. The maximum atomic E-state index is 13.4. The maximum absolute atomic E-state index is 13.4. The van der Waals surface area contributed by atoms with E-state index in [1.165, 1.54) is 24.3 Å². The molecule has 0 aromatic heterocycles. The van der Waals surface area contributed by atoms with E-state index in [0.29, 0.717) is 24.2 Å². The van der Waals surface area contributed by atoms with E-state index >= 15 is 0 Å². The molecule has 0 unspecified atom stereocenters. The standard InChI is InChI=1S/C31H38O9S2/c1-7-30(5,8-2)25-17-11-21(19-27(25)41(33,34)35)29(32)22-12-18-26(28(20-22)42(36,37)38)39-23-13-15-24(16-14-23)40-31(6,9-3)10-4/h11-20H,7-10H2,1-6H3,(H,33,34,35)(H,36,37,38). The monoisotopic (exact) mass is 618 g/mol. The Bertz CT molecular complexity index is 1650. The molecule has 3 aromatic carbocycles. The van der Waals surface area contributed by atoms with Crippen LogP contribution in [0.1, 0.15) is 88.7 Å². The van der Waals surface area contributed by atoms with E-state index < -0.39 is 36.3 Å². The average molecular weight is 619 g/mol. The van der Waals surface area contributed by atoms with Gasteiger partial charge in [0.2, 0.25) is 0 Å². The molecule has 3 aromatic rings. The Morgan fingerprint density at radius 2 is 1.17 bits per heavy atom. The second-order valence-electron chi connectivity index (χ2n) is 10.8. The summed E-state index contributed by atoms with van der Waals surface area (Å²) in [5.74, 6) is -0.0541. The number of hydrogen-bond acceptors (Lipinski definition) is 7. The summed E-state index contributed by atoms with van der Waals surface area (Å²) in [7, 11) is -9.51. The predicted molar refractivity (Wildman–Crippen MR) is 160 cm³/mol. The molecule has 3 rings (SSSR count). The zero-order valence-corrected chi connectivity index (χ0v) is 26.3. The second-order valence-corrected chi connectivity index (χ2v) is 13.5. The molecular weight excluding hydrogens is 580 g/mol. The van der Waals surface area contributed by atoms with Gasteiger partial charge < -0.3 is 9.47 Å². The molecule has 0 bridgehead atoms. The molecule has 11 heteroatoms. The molecule has 0 fully saturated rings. The van der Waals surface area contributed by atoms with Gasteiger partial charge >= 0.3 is 0 Å². The van der Waals surface area contributed by atoms with Gasteiger partial charge in [-0.3, -0.25) is 13.9 Å². The van der Waals surface area contributed by atoms with Crippen LogP contribution in [-0.2, 0) is 25.7 Å². The number of ether oxygens (including phenoxy) is 2. The lowest BCUT2D eigenvalue weighted by Gasteiger charge is -2.29. The third-order valence-corrected chi connectivity index (χ3v) is 9.90. The van der Waals surface area contributed by atoms with Gasteiger partial charge in [-0.1, -0.05) is 46.8 Å². The molecule has 0 aliphatic heterocycles. The van der Waals surface area contributed by atoms with Gasteiger partial charge in [-0.05, 0) is 92.1 Å². The summed E-state index contributed by atoms with van der Waals surface area (Å²) in [5.41, 5.74) is -0.756. The third-order valence-electron chi connectivity index (χ3n) is 8.13. The first-order chi connectivity index (χ1) is 19.5. The van der Waals surface area contributed by atoms with Gasteiger partial charge in [0, 0.05) is 11.1 Å². The highest BCUT2D eigenvalue weighted by atomic mass is 32.2. The number of benzene rings is 3. The van der Waals surface area contributed by atoms with Crippen LogP contribution < -0.4 is 9.47 Å². The highest BCUT2D eigenvalue weighted by Gasteiger charge is 2.31. The number of rotatable bonds is 13. The predicted octanol–water partition coefficient (Wildman–Crippen LogP) is 7.24. The number of ketones is 1. The van der Waals surface area contributed by atoms with Crippen molar-refractivity contribution in [3.8, 4) is 17.2 Å². The van der Waals surface area contributed by atoms with E-state index in [2.05, 4.69) is 0 Å². The van der Waals surface area contributed by atoms with Crippen LogP contribution in [0.5, 0.6) is 17.2 Å². The fourth-order valence-corrected chi connectivity index (χ4v) is 6.00. The summed E-state index contributed by atoms with van der Waals surface area (Å²) < 4.78 is 80.8. The van der Waals surface area contributed by atoms with Crippen molar-refractivity contribution in [1.29, 1.82) is 0 Å². The van der Waals surface area contributed by atoms with Crippen LogP contribution in [0.15, 0.2) is 70.5 Å². The quantitative estimate of drug-likeness (QED) is 0.150. The van der Waals surface area contributed by atoms with E-state index in [4.69, 9.17) is 9.47 Å². The van der Waals surface area contributed by atoms with Gasteiger partial charge in [0.05, 0.1) is 4.90 Å². The number of hydrogen-bond donors (Lipinski definition) is 2. The van der Waals surface area contributed by atoms with Crippen molar-refractivity contribution in [1.82, 2.24) is 0 Å². The first-order valence-electron chi connectivity index (χ1n) is 13.8. The summed E-state index contributed by atoms with van der Waals surface area (Å²) in [6.45, 7) is 11.7. The number of carbonyl (C=O) groups excluding carboxylic acids is 1. The van der Waals surface area contributed by atoms with Gasteiger partial charge in [0.25, 0.3) is 20.2 Å². The molecule has 0 atom stereocenters. The summed E-state index contributed by atoms with van der Waals surface area (Å²) in [5, 5.41) is 0. The van der Waals surface area contributed by atoms with Crippen LogP contribution in [0.4, 0.5) is 0 Å². The van der Waals surface area contributed by atoms with Gasteiger partial charge in [0.15, 0.2) is 5.78 Å². The maximum Gasteiger partial charge on any atom is 0.298 e. The second kappa shape index (κ2) is 12.5. The first kappa shape index (κ1) is 33.3. The lowest BCUT2D eigenvalue weighted by molar-refractivity contribution is 0.0802. The zero-order chi connectivity index (χ0) is 31.5. The molecular formula is C31H38O9S2. The van der Waals surface area contributed by atoms with Crippen LogP contribution in [0, 0.1) is 0 Å². The van der Waals surface area contributed by atoms with Crippen LogP contribution >= 0.6 is 0 Å². The van der Waals surface area contributed by atoms with Gasteiger partial charge in [0.1, 0.15) is 27.7 Å². The minimum atomic E-state index is -4.83. The Balaban J connectivity index is 1.99. The number of carbonyl (C=O) groups is 1. The normalized spacial score (nSPS) is 12.7. The lowest BCUT2D eigenvalue weighted by Crippen LogP contribution is -2.30. The van der Waals surface area contributed by atoms with E-state index in [-0.39, 0.29) is 33.1 Å². The van der Waals surface area contributed by atoms with Gasteiger partial charge in [-0.25, -0.2) is 0 Å². The SMILES string of the molecule is CCC(C)(CC)Oc1ccc(Oc2ccc(C(=O)c3ccc(C(C)(CC)CC)c(S(=O)(=O)O)c3)cc2S(=O)(=O)O)cc1. The van der Waals surface area contributed by atoms with Gasteiger partial charge in [-0.15, -0.1) is 0 Å². The van der Waals surface area contributed by atoms with Crippen molar-refractivity contribution in [2.75, 3.05) is 0 Å². The first-order valence-corrected chi connectivity index (χ1v) is 16.6. The fourth-order valence-electron chi connectivity index (χ4n) is 4.49. The third kappa shape index (κ3) is 7.38. The molecule has 0 saturated heterocycles. The van der Waals surface area contributed by atoms with Crippen LogP contribution in [0.25, 0.3) is 0 Å². The molecule has 42 heavy (non-hydrogen) atoms. The van der Waals surface area contributed by atoms with Crippen molar-refractivity contribution >= 4 is 26.0 Å². The zero-order valence-electron chi connectivity index (χ0n) is 24.7. The van der Waals surface area contributed by atoms with Crippen LogP contribution in [-0.4, -0.2) is 37.3 Å². The Hall–Kier alpha value is -3.25. The molecule has 0 heterocycles. The molecule has 0 aliphatic carbocycles. The van der Waals surface area contributed by atoms with E-state index in [0.717, 1.165) is 25.0 Å². The molecule has 0 saturated carbocycles. The molecule has 2 N–H and O–H groups in total. The summed E-state index contributed by atoms with van der Waals surface area (Å²) >= 11 is 0. The molecule has 0 spiro atoms. The van der Waals surface area contributed by atoms with Crippen molar-refractivity contribution < 1.29 is 40.2 Å². The molecule has 0 radical (unpaired) electrons. The fraction of sp³-hybridized carbons (Fsp3) is 0.387.